The van der Waals surface area contributed by atoms with Gasteiger partial charge in [-0.05, 0) is 39.4 Å². The van der Waals surface area contributed by atoms with Gasteiger partial charge in [0.1, 0.15) is 0 Å². The summed E-state index contributed by atoms with van der Waals surface area (Å²) in [4.78, 5) is 21.2. The Balaban J connectivity index is 1.48. The molecule has 1 atom stereocenters. The van der Waals surface area contributed by atoms with Crippen LogP contribution in [0.1, 0.15) is 19.3 Å². The first-order valence-corrected chi connectivity index (χ1v) is 8.23. The van der Waals surface area contributed by atoms with Gasteiger partial charge in [0, 0.05) is 36.6 Å². The molecule has 5 nitrogen and oxygen atoms in total. The molecule has 110 valence electrons. The van der Waals surface area contributed by atoms with Crippen LogP contribution in [0.5, 0.6) is 0 Å². The molecule has 0 spiro atoms. The number of rotatable bonds is 3. The van der Waals surface area contributed by atoms with Gasteiger partial charge in [0.15, 0.2) is 5.13 Å². The van der Waals surface area contributed by atoms with E-state index in [2.05, 4.69) is 27.1 Å². The van der Waals surface area contributed by atoms with Crippen molar-refractivity contribution in [3.8, 4) is 0 Å². The van der Waals surface area contributed by atoms with E-state index in [0.717, 1.165) is 50.6 Å². The van der Waals surface area contributed by atoms with E-state index in [9.17, 15) is 4.79 Å². The third-order valence-corrected chi connectivity index (χ3v) is 5.15. The number of carbonyl (C=O) groups is 1. The lowest BCUT2D eigenvalue weighted by molar-refractivity contribution is -0.126. The number of anilines is 1. The minimum Gasteiger partial charge on any atom is -0.351 e. The second kappa shape index (κ2) is 6.10. The maximum atomic E-state index is 12.3. The van der Waals surface area contributed by atoms with Crippen LogP contribution in [0.25, 0.3) is 0 Å². The van der Waals surface area contributed by atoms with Crippen LogP contribution in [-0.4, -0.2) is 55.1 Å². The Hall–Kier alpha value is -1.14. The van der Waals surface area contributed by atoms with Crippen molar-refractivity contribution in [3.05, 3.63) is 11.6 Å². The first kappa shape index (κ1) is 13.8. The molecule has 2 aliphatic rings. The fourth-order valence-electron chi connectivity index (χ4n) is 3.01. The number of hydrogen-bond acceptors (Lipinski definition) is 5. The Morgan fingerprint density at radius 3 is 2.85 bits per heavy atom. The topological polar surface area (TPSA) is 48.5 Å². The summed E-state index contributed by atoms with van der Waals surface area (Å²) in [5.74, 6) is 0.462. The van der Waals surface area contributed by atoms with Gasteiger partial charge in [-0.2, -0.15) is 0 Å². The summed E-state index contributed by atoms with van der Waals surface area (Å²) >= 11 is 1.67. The number of thiazole rings is 1. The average Bonchev–Trinajstić information content (AvgIpc) is 3.09. The molecule has 0 aromatic carbocycles. The van der Waals surface area contributed by atoms with Crippen molar-refractivity contribution < 1.29 is 4.79 Å². The molecule has 1 unspecified atom stereocenters. The predicted octanol–water partition coefficient (Wildman–Crippen LogP) is 1.18. The summed E-state index contributed by atoms with van der Waals surface area (Å²) in [7, 11) is 2.12. The van der Waals surface area contributed by atoms with E-state index in [1.165, 1.54) is 0 Å². The molecular formula is C14H22N4OS. The van der Waals surface area contributed by atoms with Crippen molar-refractivity contribution in [2.24, 2.45) is 5.92 Å². The molecule has 2 fully saturated rings. The fraction of sp³-hybridized carbons (Fsp3) is 0.714. The molecule has 6 heteroatoms. The number of amides is 1. The molecule has 0 aliphatic carbocycles. The van der Waals surface area contributed by atoms with Crippen molar-refractivity contribution in [1.29, 1.82) is 0 Å². The Morgan fingerprint density at radius 1 is 1.35 bits per heavy atom. The molecule has 3 heterocycles. The Morgan fingerprint density at radius 2 is 2.15 bits per heavy atom. The third kappa shape index (κ3) is 3.12. The lowest BCUT2D eigenvalue weighted by Crippen LogP contribution is -2.44. The van der Waals surface area contributed by atoms with Gasteiger partial charge in [-0.3, -0.25) is 4.79 Å². The molecule has 1 aromatic rings. The van der Waals surface area contributed by atoms with Crippen LogP contribution in [0.4, 0.5) is 5.13 Å². The van der Waals surface area contributed by atoms with E-state index in [1.54, 1.807) is 11.3 Å². The monoisotopic (exact) mass is 294 g/mol. The number of piperidine rings is 1. The largest absolute Gasteiger partial charge is 0.351 e. The maximum Gasteiger partial charge on any atom is 0.223 e. The van der Waals surface area contributed by atoms with Crippen molar-refractivity contribution >= 4 is 22.4 Å². The molecule has 1 amide bonds. The zero-order valence-corrected chi connectivity index (χ0v) is 12.7. The van der Waals surface area contributed by atoms with Crippen molar-refractivity contribution in [2.45, 2.75) is 25.3 Å². The van der Waals surface area contributed by atoms with Gasteiger partial charge in [0.2, 0.25) is 5.91 Å². The zero-order chi connectivity index (χ0) is 13.9. The van der Waals surface area contributed by atoms with E-state index in [0.29, 0.717) is 0 Å². The lowest BCUT2D eigenvalue weighted by atomic mass is 9.96. The summed E-state index contributed by atoms with van der Waals surface area (Å²) in [6, 6.07) is 0.283. The molecule has 1 aromatic heterocycles. The molecule has 1 N–H and O–H groups in total. The highest BCUT2D eigenvalue weighted by atomic mass is 32.1. The first-order valence-electron chi connectivity index (χ1n) is 7.36. The van der Waals surface area contributed by atoms with Gasteiger partial charge in [-0.25, -0.2) is 4.98 Å². The summed E-state index contributed by atoms with van der Waals surface area (Å²) in [5.41, 5.74) is 0. The number of aromatic nitrogens is 1. The van der Waals surface area contributed by atoms with Gasteiger partial charge in [0.05, 0.1) is 0 Å². The number of nitrogens with zero attached hydrogens (tertiary/aromatic N) is 3. The Labute approximate surface area is 124 Å². The highest BCUT2D eigenvalue weighted by molar-refractivity contribution is 7.13. The van der Waals surface area contributed by atoms with Crippen LogP contribution in [0.3, 0.4) is 0 Å². The molecule has 3 rings (SSSR count). The third-order valence-electron chi connectivity index (χ3n) is 4.31. The van der Waals surface area contributed by atoms with Crippen molar-refractivity contribution in [1.82, 2.24) is 15.2 Å². The standard InChI is InChI=1S/C14H22N4OS/c1-17-6-2-11(3-7-17)13(19)16-12-4-8-18(10-12)14-15-5-9-20-14/h5,9,11-12H,2-4,6-8,10H2,1H3,(H,16,19). The molecule has 0 radical (unpaired) electrons. The van der Waals surface area contributed by atoms with E-state index >= 15 is 0 Å². The van der Waals surface area contributed by atoms with Crippen LogP contribution in [0.15, 0.2) is 11.6 Å². The number of carbonyl (C=O) groups excluding carboxylic acids is 1. The highest BCUT2D eigenvalue weighted by Gasteiger charge is 2.29. The number of likely N-dealkylation sites (tertiary alicyclic amines) is 1. The highest BCUT2D eigenvalue weighted by Crippen LogP contribution is 2.23. The quantitative estimate of drug-likeness (QED) is 0.909. The van der Waals surface area contributed by atoms with E-state index in [1.807, 2.05) is 11.6 Å². The Bertz CT molecular complexity index is 442. The van der Waals surface area contributed by atoms with Crippen LogP contribution in [-0.2, 0) is 4.79 Å². The van der Waals surface area contributed by atoms with Gasteiger partial charge in [-0.1, -0.05) is 0 Å². The van der Waals surface area contributed by atoms with Crippen molar-refractivity contribution in [3.63, 3.8) is 0 Å². The van der Waals surface area contributed by atoms with Gasteiger partial charge >= 0.3 is 0 Å². The average molecular weight is 294 g/mol. The van der Waals surface area contributed by atoms with E-state index < -0.39 is 0 Å². The molecule has 0 bridgehead atoms. The number of nitrogens with one attached hydrogen (secondary N) is 1. The summed E-state index contributed by atoms with van der Waals surface area (Å²) in [6.45, 7) is 3.96. The maximum absolute atomic E-state index is 12.3. The SMILES string of the molecule is CN1CCC(C(=O)NC2CCN(c3nccs3)C2)CC1. The van der Waals surface area contributed by atoms with Crippen LogP contribution >= 0.6 is 11.3 Å². The fourth-order valence-corrected chi connectivity index (χ4v) is 3.69. The summed E-state index contributed by atoms with van der Waals surface area (Å²) in [5, 5.41) is 6.30. The number of hydrogen-bond donors (Lipinski definition) is 1. The normalized spacial score (nSPS) is 25.1. The zero-order valence-electron chi connectivity index (χ0n) is 11.9. The second-order valence-electron chi connectivity index (χ2n) is 5.83. The first-order chi connectivity index (χ1) is 9.72. The van der Waals surface area contributed by atoms with Gasteiger partial charge in [0.25, 0.3) is 0 Å². The van der Waals surface area contributed by atoms with Crippen LogP contribution in [0.2, 0.25) is 0 Å². The molecule has 0 saturated carbocycles. The summed E-state index contributed by atoms with van der Waals surface area (Å²) in [6.07, 6.45) is 4.85. The van der Waals surface area contributed by atoms with Crippen molar-refractivity contribution in [2.75, 3.05) is 38.1 Å². The van der Waals surface area contributed by atoms with Gasteiger partial charge in [-0.15, -0.1) is 11.3 Å². The molecule has 20 heavy (non-hydrogen) atoms. The molecular weight excluding hydrogens is 272 g/mol. The van der Waals surface area contributed by atoms with Crippen LogP contribution < -0.4 is 10.2 Å². The summed E-state index contributed by atoms with van der Waals surface area (Å²) < 4.78 is 0. The minimum absolute atomic E-state index is 0.208. The molecule has 2 saturated heterocycles. The Kier molecular flexibility index (Phi) is 4.21. The lowest BCUT2D eigenvalue weighted by Gasteiger charge is -2.29. The van der Waals surface area contributed by atoms with E-state index in [-0.39, 0.29) is 17.9 Å². The van der Waals surface area contributed by atoms with E-state index in [4.69, 9.17) is 0 Å². The second-order valence-corrected chi connectivity index (χ2v) is 6.71. The van der Waals surface area contributed by atoms with Crippen LogP contribution in [0, 0.1) is 5.92 Å². The molecule has 2 aliphatic heterocycles. The smallest absolute Gasteiger partial charge is 0.223 e. The predicted molar refractivity (Wildman–Crippen MR) is 81.1 cm³/mol. The van der Waals surface area contributed by atoms with Gasteiger partial charge < -0.3 is 15.1 Å². The minimum atomic E-state index is 0.208.